The minimum atomic E-state index is -2.02. The van der Waals surface area contributed by atoms with Crippen LogP contribution in [0.5, 0.6) is 0 Å². The number of hydrogen-bond donors (Lipinski definition) is 0. The quantitative estimate of drug-likeness (QED) is 0.138. The van der Waals surface area contributed by atoms with E-state index in [0.717, 1.165) is 10.9 Å². The van der Waals surface area contributed by atoms with Crippen molar-refractivity contribution in [2.24, 2.45) is 12.5 Å². The van der Waals surface area contributed by atoms with Crippen molar-refractivity contribution in [3.63, 3.8) is 0 Å². The van der Waals surface area contributed by atoms with E-state index in [0.29, 0.717) is 6.42 Å². The third kappa shape index (κ3) is 2.54. The lowest BCUT2D eigenvalue weighted by Crippen LogP contribution is -2.29. The first-order valence-electron chi connectivity index (χ1n) is 13.5. The second kappa shape index (κ2) is 6.48. The highest BCUT2D eigenvalue weighted by Gasteiger charge is 2.24. The van der Waals surface area contributed by atoms with E-state index in [-0.39, 0.29) is 0 Å². The summed E-state index contributed by atoms with van der Waals surface area (Å²) >= 11 is 0. The Bertz CT molecular complexity index is 2040. The average molecular weight is 445 g/mol. The minimum Gasteiger partial charge on any atom is -0.307 e. The molecule has 0 atom stereocenters. The SMILES string of the molecule is [2H]C([2H])([2H])C(C)(C)Cc1ccc2c(c1)cc1c3c2cc[n+](C)c3c2c(C)ccc3c4ccccc4n1c32. The monoisotopic (exact) mass is 444 g/mol. The highest BCUT2D eigenvalue weighted by atomic mass is 15.0. The molecule has 7 aromatic rings. The highest BCUT2D eigenvalue weighted by molar-refractivity contribution is 6.29. The molecule has 0 saturated carbocycles. The number of aromatic nitrogens is 2. The first-order chi connectivity index (χ1) is 17.6. The zero-order chi connectivity index (χ0) is 25.9. The Balaban J connectivity index is 1.68. The molecule has 0 amide bonds. The van der Waals surface area contributed by atoms with E-state index < -0.39 is 12.3 Å². The van der Waals surface area contributed by atoms with Crippen molar-refractivity contribution in [1.29, 1.82) is 0 Å². The zero-order valence-electron chi connectivity index (χ0n) is 23.0. The number of nitrogens with zero attached hydrogens (tertiary/aromatic N) is 2. The minimum absolute atomic E-state index is 0.501. The Hall–Kier alpha value is -3.65. The summed E-state index contributed by atoms with van der Waals surface area (Å²) in [4.78, 5) is 0. The van der Waals surface area contributed by atoms with Crippen molar-refractivity contribution in [3.8, 4) is 0 Å². The molecule has 0 aliphatic rings. The number of benzene rings is 4. The maximum absolute atomic E-state index is 8.01. The van der Waals surface area contributed by atoms with Gasteiger partial charge in [0.1, 0.15) is 7.05 Å². The number of fused-ring (bicyclic) bond motifs is 7. The molecule has 0 aliphatic heterocycles. The van der Waals surface area contributed by atoms with E-state index in [1.165, 1.54) is 59.9 Å². The normalized spacial score (nSPS) is 14.6. The van der Waals surface area contributed by atoms with Crippen LogP contribution in [0.2, 0.25) is 0 Å². The maximum Gasteiger partial charge on any atom is 0.224 e. The molecule has 0 spiro atoms. The van der Waals surface area contributed by atoms with Crippen LogP contribution in [0.15, 0.2) is 72.9 Å². The van der Waals surface area contributed by atoms with Gasteiger partial charge in [0.25, 0.3) is 0 Å². The Morgan fingerprint density at radius 2 is 1.68 bits per heavy atom. The molecular formula is C32H29N2+. The van der Waals surface area contributed by atoms with E-state index in [9.17, 15) is 0 Å². The molecule has 0 N–H and O–H groups in total. The van der Waals surface area contributed by atoms with Gasteiger partial charge in [0.05, 0.1) is 27.3 Å². The van der Waals surface area contributed by atoms with Crippen molar-refractivity contribution in [2.45, 2.75) is 34.0 Å². The molecule has 2 nitrogen and oxygen atoms in total. The van der Waals surface area contributed by atoms with Crippen LogP contribution in [0, 0.1) is 12.3 Å². The Morgan fingerprint density at radius 3 is 2.53 bits per heavy atom. The summed E-state index contributed by atoms with van der Waals surface area (Å²) in [5.74, 6) is 0. The second-order valence-corrected chi connectivity index (χ2v) is 10.6. The molecule has 4 aromatic carbocycles. The fraction of sp³-hybridized carbons (Fsp3) is 0.219. The van der Waals surface area contributed by atoms with Crippen LogP contribution < -0.4 is 4.57 Å². The predicted molar refractivity (Wildman–Crippen MR) is 145 cm³/mol. The molecule has 2 heteroatoms. The molecule has 0 unspecified atom stereocenters. The smallest absolute Gasteiger partial charge is 0.224 e. The van der Waals surface area contributed by atoms with Crippen LogP contribution in [-0.4, -0.2) is 4.40 Å². The molecular weight excluding hydrogens is 412 g/mol. The number of aryl methyl sites for hydroxylation is 2. The first kappa shape index (κ1) is 16.9. The van der Waals surface area contributed by atoms with E-state index in [4.69, 9.17) is 4.11 Å². The molecule has 7 rings (SSSR count). The molecule has 0 saturated heterocycles. The highest BCUT2D eigenvalue weighted by Crippen LogP contribution is 2.42. The van der Waals surface area contributed by atoms with Gasteiger partial charge in [0.15, 0.2) is 6.20 Å². The van der Waals surface area contributed by atoms with Gasteiger partial charge in [0.2, 0.25) is 5.52 Å². The third-order valence-corrected chi connectivity index (χ3v) is 7.45. The maximum atomic E-state index is 8.01. The Kier molecular flexibility index (Phi) is 3.22. The topological polar surface area (TPSA) is 8.29 Å². The van der Waals surface area contributed by atoms with Gasteiger partial charge in [0, 0.05) is 26.3 Å². The number of pyridine rings is 2. The molecule has 0 aliphatic carbocycles. The van der Waals surface area contributed by atoms with Gasteiger partial charge in [-0.2, -0.15) is 0 Å². The van der Waals surface area contributed by atoms with Gasteiger partial charge in [-0.3, -0.25) is 0 Å². The summed E-state index contributed by atoms with van der Waals surface area (Å²) in [6.07, 6.45) is 2.67. The van der Waals surface area contributed by atoms with Crippen molar-refractivity contribution < 1.29 is 8.68 Å². The molecule has 34 heavy (non-hydrogen) atoms. The lowest BCUT2D eigenvalue weighted by Gasteiger charge is -2.19. The van der Waals surface area contributed by atoms with Crippen molar-refractivity contribution >= 4 is 59.8 Å². The number of rotatable bonds is 1. The van der Waals surface area contributed by atoms with Crippen LogP contribution in [0.3, 0.4) is 0 Å². The summed E-state index contributed by atoms with van der Waals surface area (Å²) in [5, 5.41) is 8.65. The van der Waals surface area contributed by atoms with E-state index in [1.807, 2.05) is 13.8 Å². The van der Waals surface area contributed by atoms with Gasteiger partial charge >= 0.3 is 0 Å². The van der Waals surface area contributed by atoms with Crippen molar-refractivity contribution in [1.82, 2.24) is 4.40 Å². The number of para-hydroxylation sites is 1. The zero-order valence-corrected chi connectivity index (χ0v) is 20.0. The summed E-state index contributed by atoms with van der Waals surface area (Å²) in [6.45, 7) is 3.87. The first-order valence-corrected chi connectivity index (χ1v) is 12.0. The summed E-state index contributed by atoms with van der Waals surface area (Å²) < 4.78 is 28.7. The molecule has 166 valence electrons. The third-order valence-electron chi connectivity index (χ3n) is 7.45. The molecule has 3 aromatic heterocycles. The molecule has 0 bridgehead atoms. The van der Waals surface area contributed by atoms with Gasteiger partial charge in [-0.25, -0.2) is 4.57 Å². The van der Waals surface area contributed by atoms with E-state index in [2.05, 4.69) is 95.9 Å². The number of hydrogen-bond acceptors (Lipinski definition) is 0. The average Bonchev–Trinajstić information content (AvgIpc) is 3.18. The lowest BCUT2D eigenvalue weighted by atomic mass is 9.87. The van der Waals surface area contributed by atoms with Gasteiger partial charge in [-0.05, 0) is 52.8 Å². The fourth-order valence-electron chi connectivity index (χ4n) is 6.13. The summed E-state index contributed by atoms with van der Waals surface area (Å²) in [5.41, 5.74) is 6.43. The molecule has 3 heterocycles. The second-order valence-electron chi connectivity index (χ2n) is 10.6. The van der Waals surface area contributed by atoms with Crippen LogP contribution in [0.25, 0.3) is 59.8 Å². The van der Waals surface area contributed by atoms with Crippen molar-refractivity contribution in [3.05, 3.63) is 84.1 Å². The summed E-state index contributed by atoms with van der Waals surface area (Å²) in [6, 6.07) is 24.2. The van der Waals surface area contributed by atoms with Gasteiger partial charge in [-0.1, -0.05) is 69.2 Å². The van der Waals surface area contributed by atoms with Crippen molar-refractivity contribution in [2.75, 3.05) is 0 Å². The fourth-order valence-corrected chi connectivity index (χ4v) is 6.13. The van der Waals surface area contributed by atoms with Gasteiger partial charge < -0.3 is 4.40 Å². The molecule has 0 fully saturated rings. The Labute approximate surface area is 203 Å². The van der Waals surface area contributed by atoms with Gasteiger partial charge in [-0.15, -0.1) is 0 Å². The van der Waals surface area contributed by atoms with Crippen LogP contribution >= 0.6 is 0 Å². The lowest BCUT2D eigenvalue weighted by molar-refractivity contribution is -0.643. The molecule has 0 radical (unpaired) electrons. The standard InChI is InChI=1S/C32H29N2/c1-19-10-12-25-23-8-6-7-9-26(23)34-27-17-21-16-20(18-32(2,3)4)11-13-22(21)24-14-15-33(5)31(29(24)27)28(19)30(25)34/h6-17H,18H2,1-5H3/q+1/i2D3. The Morgan fingerprint density at radius 1 is 0.853 bits per heavy atom. The van der Waals surface area contributed by atoms with E-state index >= 15 is 0 Å². The largest absolute Gasteiger partial charge is 0.307 e. The van der Waals surface area contributed by atoms with Crippen LogP contribution in [0.1, 0.15) is 35.9 Å². The predicted octanol–water partition coefficient (Wildman–Crippen LogP) is 7.86. The summed E-state index contributed by atoms with van der Waals surface area (Å²) in [7, 11) is 2.14. The van der Waals surface area contributed by atoms with Crippen LogP contribution in [-0.2, 0) is 13.5 Å². The van der Waals surface area contributed by atoms with Crippen LogP contribution in [0.4, 0.5) is 0 Å². The van der Waals surface area contributed by atoms with E-state index in [1.54, 1.807) is 0 Å².